The lowest BCUT2D eigenvalue weighted by atomic mass is 10.1. The van der Waals surface area contributed by atoms with Crippen molar-refractivity contribution in [2.24, 2.45) is 4.99 Å². The van der Waals surface area contributed by atoms with Gasteiger partial charge in [0, 0.05) is 43.5 Å². The van der Waals surface area contributed by atoms with Crippen molar-refractivity contribution in [3.63, 3.8) is 0 Å². The van der Waals surface area contributed by atoms with Crippen LogP contribution in [0.25, 0.3) is 6.08 Å². The van der Waals surface area contributed by atoms with Gasteiger partial charge in [0.05, 0.1) is 11.8 Å². The van der Waals surface area contributed by atoms with Crippen LogP contribution in [0, 0.1) is 10.1 Å². The Hall–Kier alpha value is -3.24. The molecule has 1 saturated heterocycles. The number of amidine groups is 1. The van der Waals surface area contributed by atoms with Crippen LogP contribution in [0.15, 0.2) is 45.8 Å². The van der Waals surface area contributed by atoms with Gasteiger partial charge in [-0.15, -0.1) is 0 Å². The van der Waals surface area contributed by atoms with E-state index in [4.69, 9.17) is 4.42 Å². The van der Waals surface area contributed by atoms with Crippen molar-refractivity contribution in [3.05, 3.63) is 57.8 Å². The number of likely N-dealkylation sites (N-methyl/N-ethyl adjacent to an activating group) is 1. The second-order valence-electron chi connectivity index (χ2n) is 8.41. The third kappa shape index (κ3) is 4.23. The third-order valence-electron chi connectivity index (χ3n) is 6.01. The van der Waals surface area contributed by atoms with Gasteiger partial charge < -0.3 is 14.2 Å². The van der Waals surface area contributed by atoms with E-state index in [0.29, 0.717) is 16.9 Å². The summed E-state index contributed by atoms with van der Waals surface area (Å²) in [6.45, 7) is 3.85. The van der Waals surface area contributed by atoms with E-state index < -0.39 is 4.92 Å². The van der Waals surface area contributed by atoms with Gasteiger partial charge in [0.15, 0.2) is 5.84 Å². The predicted octanol–water partition coefficient (Wildman–Crippen LogP) is 3.51. The molecule has 2 aliphatic heterocycles. The second-order valence-corrected chi connectivity index (χ2v) is 8.41. The highest BCUT2D eigenvalue weighted by molar-refractivity contribution is 6.08. The number of anilines is 2. The molecule has 0 radical (unpaired) electrons. The second kappa shape index (κ2) is 8.36. The Morgan fingerprint density at radius 2 is 1.97 bits per heavy atom. The first-order valence-corrected chi connectivity index (χ1v) is 10.8. The Kier molecular flexibility index (Phi) is 5.40. The van der Waals surface area contributed by atoms with Crippen molar-refractivity contribution in [2.45, 2.75) is 25.0 Å². The first-order valence-electron chi connectivity index (χ1n) is 10.8. The molecule has 1 aromatic carbocycles. The number of rotatable bonds is 6. The molecule has 2 fully saturated rings. The zero-order chi connectivity index (χ0) is 22.2. The maximum atomic E-state index is 15.3. The van der Waals surface area contributed by atoms with E-state index in [-0.39, 0.29) is 23.6 Å². The summed E-state index contributed by atoms with van der Waals surface area (Å²) in [5, 5.41) is 14.9. The van der Waals surface area contributed by atoms with Crippen molar-refractivity contribution in [2.75, 3.05) is 43.2 Å². The summed E-state index contributed by atoms with van der Waals surface area (Å²) in [7, 11) is 2.12. The van der Waals surface area contributed by atoms with E-state index >= 15 is 4.48 Å². The molecule has 10 heteroatoms. The minimum atomic E-state index is -0.610. The largest absolute Gasteiger partial charge is 0.433 e. The molecule has 1 aromatic heterocycles. The molecule has 1 aliphatic carbocycles. The van der Waals surface area contributed by atoms with Crippen LogP contribution in [0.4, 0.5) is 21.7 Å². The van der Waals surface area contributed by atoms with Gasteiger partial charge in [-0.1, -0.05) is 4.48 Å². The molecule has 3 aliphatic rings. The van der Waals surface area contributed by atoms with Gasteiger partial charge >= 0.3 is 5.88 Å². The molecule has 1 saturated carbocycles. The summed E-state index contributed by atoms with van der Waals surface area (Å²) in [4.78, 5) is 19.4. The number of furan rings is 1. The minimum Gasteiger partial charge on any atom is -0.401 e. The highest BCUT2D eigenvalue weighted by atomic mass is 19.2. The van der Waals surface area contributed by atoms with E-state index in [0.717, 1.165) is 50.3 Å². The summed E-state index contributed by atoms with van der Waals surface area (Å²) < 4.78 is 20.4. The Morgan fingerprint density at radius 1 is 1.19 bits per heavy atom. The molecule has 3 heterocycles. The number of benzene rings is 1. The zero-order valence-corrected chi connectivity index (χ0v) is 17.8. The number of nitrogens with zero attached hydrogens (tertiary/aromatic N) is 5. The average Bonchev–Trinajstić information content (AvgIpc) is 3.48. The minimum absolute atomic E-state index is 0.113. The molecule has 0 amide bonds. The Bertz CT molecular complexity index is 1070. The Morgan fingerprint density at radius 3 is 2.66 bits per heavy atom. The molecule has 0 bridgehead atoms. The zero-order valence-electron chi connectivity index (χ0n) is 17.8. The highest BCUT2D eigenvalue weighted by Crippen LogP contribution is 2.38. The van der Waals surface area contributed by atoms with E-state index in [1.807, 2.05) is 12.1 Å². The quantitative estimate of drug-likeness (QED) is 0.418. The molecule has 9 nitrogen and oxygen atoms in total. The smallest absolute Gasteiger partial charge is 0.401 e. The monoisotopic (exact) mass is 440 g/mol. The number of hydrogen-bond acceptors (Lipinski definition) is 8. The fourth-order valence-corrected chi connectivity index (χ4v) is 3.97. The van der Waals surface area contributed by atoms with Gasteiger partial charge in [0.2, 0.25) is 0 Å². The van der Waals surface area contributed by atoms with Gasteiger partial charge in [-0.05, 0) is 56.3 Å². The lowest BCUT2D eigenvalue weighted by Gasteiger charge is -2.35. The van der Waals surface area contributed by atoms with Crippen LogP contribution in [0.1, 0.15) is 30.3 Å². The molecular weight excluding hydrogens is 415 g/mol. The standard InChI is InChI=1S/C22H25FN6O3/c1-26-10-12-27(13-11-26)16-4-7-19-18(14-16)22(24-15-2-3-15)25-20(28(19)23)8-5-17-6-9-21(32-17)29(30)31/h4-9,14-15,22,24H,2-3,10-13H2,1H3/b8-5+. The number of nitrogens with one attached hydrogen (secondary N) is 1. The van der Waals surface area contributed by atoms with Gasteiger partial charge in [-0.3, -0.25) is 15.4 Å². The lowest BCUT2D eigenvalue weighted by Crippen LogP contribution is -2.44. The Labute approximate surface area is 184 Å². The number of halogens is 1. The molecule has 5 rings (SSSR count). The summed E-state index contributed by atoms with van der Waals surface area (Å²) in [6.07, 6.45) is 4.76. The third-order valence-corrected chi connectivity index (χ3v) is 6.01. The fourth-order valence-electron chi connectivity index (χ4n) is 3.97. The predicted molar refractivity (Wildman–Crippen MR) is 120 cm³/mol. The van der Waals surface area contributed by atoms with Crippen molar-refractivity contribution in [1.82, 2.24) is 10.2 Å². The SMILES string of the molecule is CN1CCN(c2ccc3c(c2)C(NC2CC2)N=C(/C=C/c2ccc([N+](=O)[O-])o2)N3F)CC1. The van der Waals surface area contributed by atoms with Gasteiger partial charge in [-0.2, -0.15) is 5.12 Å². The van der Waals surface area contributed by atoms with Gasteiger partial charge in [0.1, 0.15) is 16.8 Å². The number of piperazine rings is 1. The van der Waals surface area contributed by atoms with E-state index in [9.17, 15) is 10.1 Å². The van der Waals surface area contributed by atoms with Crippen LogP contribution in [0.5, 0.6) is 0 Å². The van der Waals surface area contributed by atoms with Crippen LogP contribution in [0.3, 0.4) is 0 Å². The first-order chi connectivity index (χ1) is 15.5. The topological polar surface area (TPSA) is 90.4 Å². The molecule has 1 atom stereocenters. The maximum absolute atomic E-state index is 15.3. The van der Waals surface area contributed by atoms with Crippen molar-refractivity contribution < 1.29 is 13.8 Å². The number of hydrogen-bond donors (Lipinski definition) is 1. The fraction of sp³-hybridized carbons (Fsp3) is 0.409. The number of aliphatic imine (C=N–C) groups is 1. The van der Waals surface area contributed by atoms with E-state index in [1.165, 1.54) is 24.3 Å². The van der Waals surface area contributed by atoms with Crippen molar-refractivity contribution in [3.8, 4) is 0 Å². The van der Waals surface area contributed by atoms with Gasteiger partial charge in [-0.25, -0.2) is 4.99 Å². The Balaban J connectivity index is 1.42. The summed E-state index contributed by atoms with van der Waals surface area (Å²) >= 11 is 0. The molecule has 1 N–H and O–H groups in total. The summed E-state index contributed by atoms with van der Waals surface area (Å²) in [6, 6.07) is 8.90. The van der Waals surface area contributed by atoms with Crippen molar-refractivity contribution >= 4 is 29.2 Å². The van der Waals surface area contributed by atoms with Crippen LogP contribution in [0.2, 0.25) is 0 Å². The number of fused-ring (bicyclic) bond motifs is 1. The van der Waals surface area contributed by atoms with E-state index in [2.05, 4.69) is 27.2 Å². The van der Waals surface area contributed by atoms with Crippen LogP contribution in [-0.4, -0.2) is 54.9 Å². The first kappa shape index (κ1) is 20.7. The highest BCUT2D eigenvalue weighted by Gasteiger charge is 2.32. The molecule has 168 valence electrons. The summed E-state index contributed by atoms with van der Waals surface area (Å²) in [5.74, 6) is 0.0140. The van der Waals surface area contributed by atoms with Crippen LogP contribution < -0.4 is 15.3 Å². The molecule has 0 spiro atoms. The average molecular weight is 440 g/mol. The van der Waals surface area contributed by atoms with Gasteiger partial charge in [0.25, 0.3) is 0 Å². The van der Waals surface area contributed by atoms with Crippen LogP contribution >= 0.6 is 0 Å². The molecular formula is C22H25FN6O3. The van der Waals surface area contributed by atoms with Crippen molar-refractivity contribution in [1.29, 1.82) is 0 Å². The molecule has 1 unspecified atom stereocenters. The summed E-state index contributed by atoms with van der Waals surface area (Å²) in [5.41, 5.74) is 2.33. The normalized spacial score (nSPS) is 21.7. The van der Waals surface area contributed by atoms with Crippen LogP contribution in [-0.2, 0) is 0 Å². The lowest BCUT2D eigenvalue weighted by molar-refractivity contribution is -0.402. The maximum Gasteiger partial charge on any atom is 0.433 e. The van der Waals surface area contributed by atoms with E-state index in [1.54, 1.807) is 6.07 Å². The molecule has 32 heavy (non-hydrogen) atoms. The number of nitro groups is 1. The molecule has 2 aromatic rings.